The third kappa shape index (κ3) is 8.55. The van der Waals surface area contributed by atoms with Gasteiger partial charge in [0.25, 0.3) is 10.1 Å². The first kappa shape index (κ1) is 22.3. The zero-order valence-electron chi connectivity index (χ0n) is 15.3. The molecule has 0 fully saturated rings. The molecule has 0 aliphatic heterocycles. The van der Waals surface area contributed by atoms with Crippen LogP contribution in [0.15, 0.2) is 60.7 Å². The average molecular weight is 381 g/mol. The first-order valence-electron chi connectivity index (χ1n) is 8.22. The van der Waals surface area contributed by atoms with Crippen LogP contribution in [-0.4, -0.2) is 55.7 Å². The molecule has 0 bridgehead atoms. The highest BCUT2D eigenvalue weighted by atomic mass is 32.2. The predicted octanol–water partition coefficient (Wildman–Crippen LogP) is 2.57. The van der Waals surface area contributed by atoms with Crippen molar-refractivity contribution in [1.29, 1.82) is 0 Å². The molecule has 0 radical (unpaired) electrons. The van der Waals surface area contributed by atoms with E-state index in [1.807, 2.05) is 12.1 Å². The van der Waals surface area contributed by atoms with E-state index >= 15 is 0 Å². The zero-order chi connectivity index (χ0) is 19.6. The van der Waals surface area contributed by atoms with Gasteiger partial charge >= 0.3 is 0 Å². The molecule has 0 heterocycles. The normalized spacial score (nSPS) is 12.6. The van der Waals surface area contributed by atoms with Gasteiger partial charge in [-0.3, -0.25) is 4.55 Å². The molecule has 0 aliphatic rings. The molecule has 2 N–H and O–H groups in total. The van der Waals surface area contributed by atoms with Crippen molar-refractivity contribution >= 4 is 10.1 Å². The molecule has 0 saturated heterocycles. The van der Waals surface area contributed by atoms with Gasteiger partial charge in [-0.1, -0.05) is 60.7 Å². The van der Waals surface area contributed by atoms with Crippen LogP contribution >= 0.6 is 0 Å². The number of ether oxygens (including phenoxy) is 1. The highest BCUT2D eigenvalue weighted by molar-refractivity contribution is 7.86. The van der Waals surface area contributed by atoms with Gasteiger partial charge in [0, 0.05) is 6.54 Å². The monoisotopic (exact) mass is 381 g/mol. The lowest BCUT2D eigenvalue weighted by Gasteiger charge is -2.20. The quantitative estimate of drug-likeness (QED) is 0.717. The minimum atomic E-state index is -4.19. The molecular formula is C19H27NO5S. The van der Waals surface area contributed by atoms with Gasteiger partial charge in [0.2, 0.25) is 0 Å². The number of aliphatic hydroxyl groups excluding tert-OH is 1. The molecular weight excluding hydrogens is 354 g/mol. The maximum Gasteiger partial charge on any atom is 0.291 e. The van der Waals surface area contributed by atoms with Crippen molar-refractivity contribution in [2.24, 2.45) is 0 Å². The summed E-state index contributed by atoms with van der Waals surface area (Å²) in [6, 6.07) is 20.8. The average Bonchev–Trinajstić information content (AvgIpc) is 2.60. The van der Waals surface area contributed by atoms with Crippen molar-refractivity contribution in [3.8, 4) is 0 Å². The van der Waals surface area contributed by atoms with Gasteiger partial charge in [0.1, 0.15) is 6.10 Å². The summed E-state index contributed by atoms with van der Waals surface area (Å²) in [5, 5.41) is 8.05. The van der Waals surface area contributed by atoms with Crippen molar-refractivity contribution < 1.29 is 22.8 Å². The van der Waals surface area contributed by atoms with Gasteiger partial charge in [-0.25, -0.2) is 0 Å². The topological polar surface area (TPSA) is 87.1 Å². The Morgan fingerprint density at radius 2 is 1.35 bits per heavy atom. The van der Waals surface area contributed by atoms with Gasteiger partial charge < -0.3 is 14.7 Å². The number of benzene rings is 2. The van der Waals surface area contributed by atoms with E-state index in [0.29, 0.717) is 0 Å². The molecule has 1 atom stereocenters. The van der Waals surface area contributed by atoms with E-state index in [9.17, 15) is 8.42 Å². The fourth-order valence-corrected chi connectivity index (χ4v) is 1.99. The molecule has 0 spiro atoms. The number of hydrogen-bond acceptors (Lipinski definition) is 5. The van der Waals surface area contributed by atoms with E-state index in [0.717, 1.165) is 20.1 Å². The van der Waals surface area contributed by atoms with E-state index in [2.05, 4.69) is 67.5 Å². The summed E-state index contributed by atoms with van der Waals surface area (Å²) in [5.41, 5.74) is 0.729. The second kappa shape index (κ2) is 11.1. The summed E-state index contributed by atoms with van der Waals surface area (Å²) in [6.45, 7) is 2.62. The van der Waals surface area contributed by atoms with Crippen LogP contribution in [0.5, 0.6) is 0 Å². The van der Waals surface area contributed by atoms with Gasteiger partial charge in [-0.15, -0.1) is 0 Å². The van der Waals surface area contributed by atoms with Crippen LogP contribution in [0.2, 0.25) is 0 Å². The SMILES string of the molecule is CC(O)S(=O)(=O)O.CN(C)CCOC(c1ccccc1)c1ccccc1. The third-order valence-electron chi connectivity index (χ3n) is 3.46. The fourth-order valence-electron chi connectivity index (χ4n) is 1.99. The van der Waals surface area contributed by atoms with Crippen molar-refractivity contribution in [3.05, 3.63) is 71.8 Å². The molecule has 2 aromatic carbocycles. The van der Waals surface area contributed by atoms with E-state index in [1.165, 1.54) is 11.1 Å². The van der Waals surface area contributed by atoms with E-state index in [1.54, 1.807) is 0 Å². The molecule has 0 saturated carbocycles. The minimum absolute atomic E-state index is 0.0161. The number of likely N-dealkylation sites (N-methyl/N-ethyl adjacent to an activating group) is 1. The second-order valence-electron chi connectivity index (χ2n) is 5.99. The molecule has 26 heavy (non-hydrogen) atoms. The van der Waals surface area contributed by atoms with Crippen LogP contribution in [0.3, 0.4) is 0 Å². The summed E-state index contributed by atoms with van der Waals surface area (Å²) in [5.74, 6) is 0. The largest absolute Gasteiger partial charge is 0.375 e. The summed E-state index contributed by atoms with van der Waals surface area (Å²) < 4.78 is 33.2. The van der Waals surface area contributed by atoms with Gasteiger partial charge in [-0.2, -0.15) is 8.42 Å². The predicted molar refractivity (Wildman–Crippen MR) is 102 cm³/mol. The Morgan fingerprint density at radius 1 is 0.962 bits per heavy atom. The Hall–Kier alpha value is -1.77. The lowest BCUT2D eigenvalue weighted by Crippen LogP contribution is -2.20. The summed E-state index contributed by atoms with van der Waals surface area (Å²) in [4.78, 5) is 2.13. The van der Waals surface area contributed by atoms with Gasteiger partial charge in [0.15, 0.2) is 5.44 Å². The van der Waals surface area contributed by atoms with Crippen LogP contribution in [0.1, 0.15) is 24.2 Å². The number of nitrogens with zero attached hydrogens (tertiary/aromatic N) is 1. The zero-order valence-corrected chi connectivity index (χ0v) is 16.1. The maximum atomic E-state index is 9.64. The molecule has 1 unspecified atom stereocenters. The summed E-state index contributed by atoms with van der Waals surface area (Å²) >= 11 is 0. The van der Waals surface area contributed by atoms with Crippen molar-refractivity contribution in [3.63, 3.8) is 0 Å². The lowest BCUT2D eigenvalue weighted by molar-refractivity contribution is 0.0687. The Balaban J connectivity index is 0.000000412. The van der Waals surface area contributed by atoms with Crippen molar-refractivity contribution in [2.75, 3.05) is 27.2 Å². The highest BCUT2D eigenvalue weighted by Crippen LogP contribution is 2.25. The van der Waals surface area contributed by atoms with Crippen molar-refractivity contribution in [2.45, 2.75) is 18.5 Å². The lowest BCUT2D eigenvalue weighted by atomic mass is 10.0. The molecule has 6 nitrogen and oxygen atoms in total. The first-order chi connectivity index (χ1) is 12.2. The molecule has 2 rings (SSSR count). The van der Waals surface area contributed by atoms with Crippen LogP contribution in [-0.2, 0) is 14.9 Å². The van der Waals surface area contributed by atoms with Gasteiger partial charge in [-0.05, 0) is 32.1 Å². The van der Waals surface area contributed by atoms with Crippen LogP contribution in [0.4, 0.5) is 0 Å². The van der Waals surface area contributed by atoms with E-state index < -0.39 is 15.6 Å². The number of hydrogen-bond donors (Lipinski definition) is 2. The Bertz CT molecular complexity index is 679. The molecule has 2 aromatic rings. The third-order valence-corrected chi connectivity index (χ3v) is 4.32. The van der Waals surface area contributed by atoms with Gasteiger partial charge in [0.05, 0.1) is 6.61 Å². The minimum Gasteiger partial charge on any atom is -0.375 e. The Labute approximate surface area is 155 Å². The standard InChI is InChI=1S/C17H21NO.C2H6O4S/c1-18(2)13-14-19-17(15-9-5-3-6-10-15)16-11-7-4-8-12-16;1-2(3)7(4,5)6/h3-12,17H,13-14H2,1-2H3;2-3H,1H3,(H,4,5,6). The maximum absolute atomic E-state index is 9.64. The molecule has 144 valence electrons. The summed E-state index contributed by atoms with van der Waals surface area (Å²) in [6.07, 6.45) is 0.0161. The van der Waals surface area contributed by atoms with Crippen molar-refractivity contribution in [1.82, 2.24) is 4.90 Å². The highest BCUT2D eigenvalue weighted by Gasteiger charge is 2.14. The summed E-state index contributed by atoms with van der Waals surface area (Å²) in [7, 11) is -0.0673. The molecule has 0 amide bonds. The van der Waals surface area contributed by atoms with Crippen LogP contribution < -0.4 is 0 Å². The molecule has 7 heteroatoms. The van der Waals surface area contributed by atoms with E-state index in [-0.39, 0.29) is 6.10 Å². The smallest absolute Gasteiger partial charge is 0.291 e. The number of aliphatic hydroxyl groups is 1. The number of rotatable bonds is 7. The van der Waals surface area contributed by atoms with Crippen LogP contribution in [0.25, 0.3) is 0 Å². The Morgan fingerprint density at radius 3 is 1.65 bits per heavy atom. The fraction of sp³-hybridized carbons (Fsp3) is 0.368. The molecule has 0 aliphatic carbocycles. The molecule has 0 aromatic heterocycles. The first-order valence-corrected chi connectivity index (χ1v) is 9.72. The van der Waals surface area contributed by atoms with E-state index in [4.69, 9.17) is 14.4 Å². The Kier molecular flexibility index (Phi) is 9.47. The second-order valence-corrected chi connectivity index (χ2v) is 7.70. The van der Waals surface area contributed by atoms with Crippen LogP contribution in [0, 0.1) is 0 Å².